The highest BCUT2D eigenvalue weighted by molar-refractivity contribution is 9.10. The van der Waals surface area contributed by atoms with Crippen LogP contribution in [0.2, 0.25) is 10.0 Å². The average molecular weight is 579 g/mol. The van der Waals surface area contributed by atoms with E-state index in [2.05, 4.69) is 21.2 Å². The number of hydrogen-bond acceptors (Lipinski definition) is 4. The van der Waals surface area contributed by atoms with Crippen LogP contribution in [0.25, 0.3) is 0 Å². The van der Waals surface area contributed by atoms with Gasteiger partial charge in [-0.1, -0.05) is 45.2 Å². The highest BCUT2D eigenvalue weighted by atomic mass is 79.9. The Bertz CT molecular complexity index is 1120. The maximum absolute atomic E-state index is 13.4. The SMILES string of the molecule is CCNC(=O)[C@@H](C)N(Cc1c(Cl)cccc1Cl)C(=O)CN(c1ccc(Br)c(C)c1)S(C)(=O)=O. The first-order valence-electron chi connectivity index (χ1n) is 10.1. The van der Waals surface area contributed by atoms with Crippen molar-refractivity contribution in [1.29, 1.82) is 0 Å². The van der Waals surface area contributed by atoms with Gasteiger partial charge in [0, 0.05) is 33.2 Å². The molecule has 0 aliphatic heterocycles. The van der Waals surface area contributed by atoms with E-state index in [1.807, 2.05) is 6.92 Å². The quantitative estimate of drug-likeness (QED) is 0.478. The van der Waals surface area contributed by atoms with Crippen LogP contribution in [-0.4, -0.2) is 50.5 Å². The van der Waals surface area contributed by atoms with Gasteiger partial charge in [0.15, 0.2) is 0 Å². The molecule has 2 amide bonds. The normalized spacial score (nSPS) is 12.2. The molecule has 0 aromatic heterocycles. The highest BCUT2D eigenvalue weighted by Gasteiger charge is 2.30. The van der Waals surface area contributed by atoms with Crippen molar-refractivity contribution in [2.75, 3.05) is 23.7 Å². The maximum Gasteiger partial charge on any atom is 0.244 e. The van der Waals surface area contributed by atoms with E-state index in [1.165, 1.54) is 4.90 Å². The second kappa shape index (κ2) is 11.6. The molecule has 0 saturated heterocycles. The van der Waals surface area contributed by atoms with Gasteiger partial charge in [0.25, 0.3) is 0 Å². The number of nitrogens with zero attached hydrogens (tertiary/aromatic N) is 2. The smallest absolute Gasteiger partial charge is 0.244 e. The van der Waals surface area contributed by atoms with Gasteiger partial charge in [-0.15, -0.1) is 0 Å². The average Bonchev–Trinajstić information content (AvgIpc) is 2.72. The van der Waals surface area contributed by atoms with E-state index in [0.717, 1.165) is 20.6 Å². The molecule has 2 aromatic rings. The fraction of sp³-hybridized carbons (Fsp3) is 0.364. The van der Waals surface area contributed by atoms with E-state index in [-0.39, 0.29) is 12.5 Å². The van der Waals surface area contributed by atoms with Crippen LogP contribution in [0.5, 0.6) is 0 Å². The summed E-state index contributed by atoms with van der Waals surface area (Å²) in [6, 6.07) is 9.04. The summed E-state index contributed by atoms with van der Waals surface area (Å²) < 4.78 is 27.0. The van der Waals surface area contributed by atoms with Crippen LogP contribution in [0.3, 0.4) is 0 Å². The minimum absolute atomic E-state index is 0.0629. The molecule has 180 valence electrons. The summed E-state index contributed by atoms with van der Waals surface area (Å²) >= 11 is 16.0. The fourth-order valence-corrected chi connectivity index (χ4v) is 4.76. The minimum Gasteiger partial charge on any atom is -0.355 e. The molecular formula is C22H26BrCl2N3O4S. The van der Waals surface area contributed by atoms with Crippen molar-refractivity contribution in [3.63, 3.8) is 0 Å². The van der Waals surface area contributed by atoms with Gasteiger partial charge in [-0.2, -0.15) is 0 Å². The van der Waals surface area contributed by atoms with Crippen molar-refractivity contribution in [2.45, 2.75) is 33.4 Å². The molecule has 0 fully saturated rings. The number of likely N-dealkylation sites (N-methyl/N-ethyl adjacent to an activating group) is 1. The standard InChI is InChI=1S/C22H26BrCl2N3O4S/c1-5-26-22(30)15(3)27(12-17-19(24)7-6-8-20(17)25)21(29)13-28(33(4,31)32)16-9-10-18(23)14(2)11-16/h6-11,15H,5,12-13H2,1-4H3,(H,26,30)/t15-/m1/s1. The zero-order valence-electron chi connectivity index (χ0n) is 18.7. The maximum atomic E-state index is 13.4. The topological polar surface area (TPSA) is 86.8 Å². The zero-order valence-corrected chi connectivity index (χ0v) is 22.6. The third kappa shape index (κ3) is 7.09. The Hall–Kier alpha value is -1.81. The van der Waals surface area contributed by atoms with Gasteiger partial charge in [-0.3, -0.25) is 13.9 Å². The van der Waals surface area contributed by atoms with Crippen LogP contribution >= 0.6 is 39.1 Å². The molecule has 11 heteroatoms. The number of halogens is 3. The lowest BCUT2D eigenvalue weighted by molar-refractivity contribution is -0.139. The molecule has 0 heterocycles. The summed E-state index contributed by atoms with van der Waals surface area (Å²) in [6.07, 6.45) is 1.03. The van der Waals surface area contributed by atoms with Gasteiger partial charge >= 0.3 is 0 Å². The van der Waals surface area contributed by atoms with E-state index in [4.69, 9.17) is 23.2 Å². The van der Waals surface area contributed by atoms with Crippen LogP contribution in [0.4, 0.5) is 5.69 Å². The molecule has 0 spiro atoms. The predicted molar refractivity (Wildman–Crippen MR) is 136 cm³/mol. The summed E-state index contributed by atoms with van der Waals surface area (Å²) in [7, 11) is -3.80. The molecule has 0 radical (unpaired) electrons. The minimum atomic E-state index is -3.80. The van der Waals surface area contributed by atoms with Gasteiger partial charge in [0.2, 0.25) is 21.8 Å². The lowest BCUT2D eigenvalue weighted by Crippen LogP contribution is -2.51. The molecule has 33 heavy (non-hydrogen) atoms. The Morgan fingerprint density at radius 3 is 2.27 bits per heavy atom. The number of sulfonamides is 1. The number of nitrogens with one attached hydrogen (secondary N) is 1. The largest absolute Gasteiger partial charge is 0.355 e. The number of hydrogen-bond donors (Lipinski definition) is 1. The molecule has 7 nitrogen and oxygen atoms in total. The van der Waals surface area contributed by atoms with Gasteiger partial charge in [-0.05, 0) is 56.7 Å². The second-order valence-electron chi connectivity index (χ2n) is 7.50. The molecule has 0 unspecified atom stereocenters. The number of amides is 2. The Balaban J connectivity index is 2.46. The lowest BCUT2D eigenvalue weighted by atomic mass is 10.1. The molecule has 1 atom stereocenters. The number of carbonyl (C=O) groups excluding carboxylic acids is 2. The monoisotopic (exact) mass is 577 g/mol. The third-order valence-electron chi connectivity index (χ3n) is 5.02. The molecular weight excluding hydrogens is 553 g/mol. The van der Waals surface area contributed by atoms with E-state index in [0.29, 0.717) is 27.8 Å². The van der Waals surface area contributed by atoms with Crippen LogP contribution in [0.1, 0.15) is 25.0 Å². The second-order valence-corrected chi connectivity index (χ2v) is 11.1. The molecule has 0 bridgehead atoms. The summed E-state index contributed by atoms with van der Waals surface area (Å²) in [5.41, 5.74) is 1.62. The highest BCUT2D eigenvalue weighted by Crippen LogP contribution is 2.28. The number of aryl methyl sites for hydroxylation is 1. The van der Waals surface area contributed by atoms with E-state index in [9.17, 15) is 18.0 Å². The van der Waals surface area contributed by atoms with Crippen molar-refractivity contribution in [3.8, 4) is 0 Å². The Morgan fingerprint density at radius 2 is 1.76 bits per heavy atom. The summed E-state index contributed by atoms with van der Waals surface area (Å²) in [5.74, 6) is -0.949. The first-order chi connectivity index (χ1) is 15.4. The van der Waals surface area contributed by atoms with Crippen molar-refractivity contribution < 1.29 is 18.0 Å². The Kier molecular flexibility index (Phi) is 9.60. The van der Waals surface area contributed by atoms with Crippen molar-refractivity contribution >= 4 is 66.7 Å². The van der Waals surface area contributed by atoms with Gasteiger partial charge in [-0.25, -0.2) is 8.42 Å². The van der Waals surface area contributed by atoms with Crippen molar-refractivity contribution in [1.82, 2.24) is 10.2 Å². The first kappa shape index (κ1) is 27.4. The first-order valence-corrected chi connectivity index (χ1v) is 13.5. The number of carbonyl (C=O) groups is 2. The van der Waals surface area contributed by atoms with Crippen LogP contribution in [-0.2, 0) is 26.2 Å². The summed E-state index contributed by atoms with van der Waals surface area (Å²) in [5, 5.41) is 3.37. The lowest BCUT2D eigenvalue weighted by Gasteiger charge is -2.32. The fourth-order valence-electron chi connectivity index (χ4n) is 3.16. The van der Waals surface area contributed by atoms with E-state index < -0.39 is 28.5 Å². The molecule has 2 rings (SSSR count). The van der Waals surface area contributed by atoms with Gasteiger partial charge in [0.05, 0.1) is 11.9 Å². The predicted octanol–water partition coefficient (Wildman–Crippen LogP) is 4.38. The van der Waals surface area contributed by atoms with Gasteiger partial charge in [0.1, 0.15) is 12.6 Å². The van der Waals surface area contributed by atoms with E-state index >= 15 is 0 Å². The number of benzene rings is 2. The molecule has 0 aliphatic carbocycles. The molecule has 0 saturated carbocycles. The molecule has 2 aromatic carbocycles. The van der Waals surface area contributed by atoms with Crippen molar-refractivity contribution in [3.05, 3.63) is 62.0 Å². The summed E-state index contributed by atoms with van der Waals surface area (Å²) in [6.45, 7) is 4.98. The van der Waals surface area contributed by atoms with Crippen molar-refractivity contribution in [2.24, 2.45) is 0 Å². The molecule has 0 aliphatic rings. The molecule has 1 N–H and O–H groups in total. The van der Waals surface area contributed by atoms with Gasteiger partial charge < -0.3 is 10.2 Å². The number of anilines is 1. The zero-order chi connectivity index (χ0) is 24.9. The van der Waals surface area contributed by atoms with Crippen LogP contribution < -0.4 is 9.62 Å². The Labute approximate surface area is 213 Å². The van der Waals surface area contributed by atoms with E-state index in [1.54, 1.807) is 50.2 Å². The van der Waals surface area contributed by atoms with Crippen LogP contribution in [0, 0.1) is 6.92 Å². The Morgan fingerprint density at radius 1 is 1.15 bits per heavy atom. The summed E-state index contributed by atoms with van der Waals surface area (Å²) in [4.78, 5) is 27.3. The number of rotatable bonds is 9. The van der Waals surface area contributed by atoms with Crippen LogP contribution in [0.15, 0.2) is 40.9 Å². The third-order valence-corrected chi connectivity index (χ3v) is 7.76.